The fourth-order valence-corrected chi connectivity index (χ4v) is 8.86. The smallest absolute Gasteiger partial charge is 0.295 e. The van der Waals surface area contributed by atoms with E-state index in [0.717, 1.165) is 36.8 Å². The van der Waals surface area contributed by atoms with Crippen LogP contribution in [0.4, 0.5) is 11.4 Å². The molecule has 0 spiro atoms. The molecule has 14 nitrogen and oxygen atoms in total. The van der Waals surface area contributed by atoms with E-state index in [4.69, 9.17) is 0 Å². The number of nitrogens with one attached hydrogen (secondary N) is 2. The summed E-state index contributed by atoms with van der Waals surface area (Å²) in [4.78, 5) is 23.9. The minimum atomic E-state index is -4.90. The highest BCUT2D eigenvalue weighted by molar-refractivity contribution is 7.93. The van der Waals surface area contributed by atoms with Crippen LogP contribution < -0.4 is 10.6 Å². The third-order valence-corrected chi connectivity index (χ3v) is 13.5. The van der Waals surface area contributed by atoms with Crippen LogP contribution in [-0.4, -0.2) is 67.1 Å². The highest BCUT2D eigenvalue weighted by Gasteiger charge is 2.21. The topological polar surface area (TPSA) is 235 Å². The molecule has 0 aliphatic heterocycles. The molecule has 4 N–H and O–H groups in total. The summed E-state index contributed by atoms with van der Waals surface area (Å²) in [5, 5.41) is 4.82. The lowest BCUT2D eigenvalue weighted by molar-refractivity contribution is 0.102. The van der Waals surface area contributed by atoms with Gasteiger partial charge in [-0.25, -0.2) is 16.8 Å². The second-order valence-corrected chi connectivity index (χ2v) is 18.9. The number of carbonyl (C=O) groups excluding carboxylic acids is 2. The van der Waals surface area contributed by atoms with Crippen LogP contribution in [0.5, 0.6) is 0 Å². The van der Waals surface area contributed by atoms with E-state index in [-0.39, 0.29) is 40.7 Å². The van der Waals surface area contributed by atoms with Gasteiger partial charge in [0.25, 0.3) is 32.1 Å². The van der Waals surface area contributed by atoms with Gasteiger partial charge in [0.05, 0.1) is 9.75 Å². The van der Waals surface area contributed by atoms with E-state index in [1.807, 2.05) is 0 Å². The van der Waals surface area contributed by atoms with E-state index < -0.39 is 61.5 Å². The first-order valence-electron chi connectivity index (χ1n) is 12.3. The predicted molar refractivity (Wildman–Crippen MR) is 172 cm³/mol. The van der Waals surface area contributed by atoms with Crippen LogP contribution in [0.2, 0.25) is 0 Å². The standard InChI is InChI=1S/C26H22N2O12S6/c1-43(31,32)23-11-9-19(41-23)25(29)27-17-7-5-15(21(13-17)45(35,36)37)3-4-16-6-8-18(14-22(16)46(38,39)40)28-26(30)20-10-12-24(42-20)44(2,33)34/h3-14H,1-2H3,(H,27,29)(H,28,30)(H,35,36,37)(H,38,39,40). The number of hydrogen-bond acceptors (Lipinski definition) is 12. The largest absolute Gasteiger partial charge is 0.321 e. The van der Waals surface area contributed by atoms with Crippen molar-refractivity contribution in [2.24, 2.45) is 0 Å². The van der Waals surface area contributed by atoms with Crippen molar-refractivity contribution in [2.45, 2.75) is 18.2 Å². The first-order valence-corrected chi connectivity index (χ1v) is 20.6. The number of rotatable bonds is 10. The summed E-state index contributed by atoms with van der Waals surface area (Å²) in [7, 11) is -16.9. The molecule has 2 amide bonds. The molecule has 2 aromatic heterocycles. The highest BCUT2D eigenvalue weighted by atomic mass is 32.2. The zero-order valence-electron chi connectivity index (χ0n) is 23.4. The Morgan fingerprint density at radius 2 is 0.935 bits per heavy atom. The first kappa shape index (κ1) is 35.1. The summed E-state index contributed by atoms with van der Waals surface area (Å²) in [5.74, 6) is -1.49. The van der Waals surface area contributed by atoms with Crippen LogP contribution in [0.3, 0.4) is 0 Å². The SMILES string of the molecule is CS(=O)(=O)c1ccc(C(=O)Nc2ccc(C=Cc3ccc(NC(=O)c4ccc(S(C)(=O)=O)s4)cc3S(=O)(=O)O)c(S(=O)(=O)O)c2)s1. The van der Waals surface area contributed by atoms with Gasteiger partial charge >= 0.3 is 0 Å². The molecule has 20 heteroatoms. The maximum Gasteiger partial charge on any atom is 0.295 e. The minimum Gasteiger partial charge on any atom is -0.321 e. The van der Waals surface area contributed by atoms with E-state index in [9.17, 15) is 52.4 Å². The Morgan fingerprint density at radius 1 is 0.587 bits per heavy atom. The molecule has 0 unspecified atom stereocenters. The highest BCUT2D eigenvalue weighted by Crippen LogP contribution is 2.28. The molecule has 4 rings (SSSR count). The van der Waals surface area contributed by atoms with Crippen molar-refractivity contribution in [3.8, 4) is 0 Å². The average Bonchev–Trinajstić information content (AvgIpc) is 3.62. The lowest BCUT2D eigenvalue weighted by atomic mass is 10.1. The van der Waals surface area contributed by atoms with Gasteiger partial charge in [0, 0.05) is 23.9 Å². The number of thiophene rings is 2. The average molecular weight is 747 g/mol. The molecule has 0 atom stereocenters. The number of anilines is 2. The predicted octanol–water partition coefficient (Wildman–Crippen LogP) is 3.79. The van der Waals surface area contributed by atoms with Gasteiger partial charge < -0.3 is 10.6 Å². The van der Waals surface area contributed by atoms with Crippen molar-refractivity contribution in [3.05, 3.63) is 81.5 Å². The van der Waals surface area contributed by atoms with Gasteiger partial charge in [-0.05, 0) is 59.7 Å². The summed E-state index contributed by atoms with van der Waals surface area (Å²) in [5.41, 5.74) is -0.433. The number of carbonyl (C=O) groups is 2. The van der Waals surface area contributed by atoms with Gasteiger partial charge in [-0.2, -0.15) is 16.8 Å². The maximum atomic E-state index is 12.6. The molecule has 244 valence electrons. The summed E-state index contributed by atoms with van der Waals surface area (Å²) in [6.45, 7) is 0. The molecule has 4 aromatic rings. The van der Waals surface area contributed by atoms with Crippen LogP contribution in [0.15, 0.2) is 78.9 Å². The number of sulfone groups is 2. The van der Waals surface area contributed by atoms with Crippen molar-refractivity contribution in [2.75, 3.05) is 23.1 Å². The van der Waals surface area contributed by atoms with E-state index in [1.54, 1.807) is 0 Å². The van der Waals surface area contributed by atoms with Gasteiger partial charge in [-0.15, -0.1) is 22.7 Å². The van der Waals surface area contributed by atoms with Crippen LogP contribution >= 0.6 is 22.7 Å². The Morgan fingerprint density at radius 3 is 1.22 bits per heavy atom. The molecule has 0 saturated heterocycles. The lowest BCUT2D eigenvalue weighted by Crippen LogP contribution is -2.11. The third kappa shape index (κ3) is 8.53. The Labute approximate surface area is 271 Å². The Balaban J connectivity index is 1.62. The molecule has 0 radical (unpaired) electrons. The molecular weight excluding hydrogens is 725 g/mol. The van der Waals surface area contributed by atoms with Crippen LogP contribution in [0.25, 0.3) is 12.2 Å². The van der Waals surface area contributed by atoms with E-state index in [2.05, 4.69) is 10.6 Å². The zero-order chi connectivity index (χ0) is 34.2. The minimum absolute atomic E-state index is 0.0178. The second-order valence-electron chi connectivity index (χ2n) is 9.48. The van der Waals surface area contributed by atoms with Gasteiger partial charge in [0.15, 0.2) is 19.7 Å². The summed E-state index contributed by atoms with van der Waals surface area (Å²) >= 11 is 1.40. The van der Waals surface area contributed by atoms with Crippen molar-refractivity contribution < 1.29 is 52.4 Å². The fraction of sp³-hybridized carbons (Fsp3) is 0.0769. The quantitative estimate of drug-likeness (QED) is 0.134. The number of hydrogen-bond donors (Lipinski definition) is 4. The molecule has 0 bridgehead atoms. The van der Waals surface area contributed by atoms with Crippen molar-refractivity contribution >= 4 is 97.9 Å². The van der Waals surface area contributed by atoms with Crippen LogP contribution in [0, 0.1) is 0 Å². The third-order valence-electron chi connectivity index (χ3n) is 5.88. The van der Waals surface area contributed by atoms with Crippen LogP contribution in [0.1, 0.15) is 30.5 Å². The molecular formula is C26H22N2O12S6. The Bertz CT molecular complexity index is 2190. The number of amides is 2. The molecule has 46 heavy (non-hydrogen) atoms. The lowest BCUT2D eigenvalue weighted by Gasteiger charge is -2.10. The van der Waals surface area contributed by atoms with Crippen molar-refractivity contribution in [3.63, 3.8) is 0 Å². The molecule has 0 saturated carbocycles. The van der Waals surface area contributed by atoms with E-state index >= 15 is 0 Å². The van der Waals surface area contributed by atoms with Gasteiger partial charge in [-0.3, -0.25) is 18.7 Å². The molecule has 0 aliphatic rings. The summed E-state index contributed by atoms with van der Waals surface area (Å²) in [6.07, 6.45) is 4.18. The number of benzene rings is 2. The first-order chi connectivity index (χ1) is 21.1. The molecule has 2 aromatic carbocycles. The fourth-order valence-electron chi connectivity index (χ4n) is 3.79. The molecule has 2 heterocycles. The summed E-state index contributed by atoms with van der Waals surface area (Å²) < 4.78 is 115. The molecule has 0 aliphatic carbocycles. The maximum absolute atomic E-state index is 12.6. The van der Waals surface area contributed by atoms with E-state index in [0.29, 0.717) is 22.7 Å². The van der Waals surface area contributed by atoms with Crippen molar-refractivity contribution in [1.29, 1.82) is 0 Å². The Hall–Kier alpha value is -3.76. The van der Waals surface area contributed by atoms with Crippen molar-refractivity contribution in [1.82, 2.24) is 0 Å². The van der Waals surface area contributed by atoms with Gasteiger partial charge in [0.2, 0.25) is 0 Å². The monoisotopic (exact) mass is 746 g/mol. The normalized spacial score (nSPS) is 12.7. The van der Waals surface area contributed by atoms with Crippen LogP contribution in [-0.2, 0) is 39.9 Å². The second kappa shape index (κ2) is 12.8. The van der Waals surface area contributed by atoms with Gasteiger partial charge in [-0.1, -0.05) is 24.3 Å². The molecule has 0 fully saturated rings. The zero-order valence-corrected chi connectivity index (χ0v) is 28.3. The van der Waals surface area contributed by atoms with Gasteiger partial charge in [0.1, 0.15) is 18.2 Å². The summed E-state index contributed by atoms with van der Waals surface area (Å²) in [6, 6.07) is 11.8. The van der Waals surface area contributed by atoms with E-state index in [1.165, 1.54) is 48.5 Å². The Kier molecular flexibility index (Phi) is 9.76.